The lowest BCUT2D eigenvalue weighted by Gasteiger charge is -2.10. The number of rotatable bonds is 7. The van der Waals surface area contributed by atoms with Gasteiger partial charge in [-0.1, -0.05) is 36.0 Å². The Hall–Kier alpha value is -2.67. The molecule has 0 aliphatic rings. The summed E-state index contributed by atoms with van der Waals surface area (Å²) in [6.45, 7) is 2.11. The number of aromatic amines is 1. The van der Waals surface area contributed by atoms with E-state index in [2.05, 4.69) is 39.6 Å². The van der Waals surface area contributed by atoms with Gasteiger partial charge in [-0.05, 0) is 30.2 Å². The third kappa shape index (κ3) is 4.24. The second-order valence-electron chi connectivity index (χ2n) is 5.37. The lowest BCUT2D eigenvalue weighted by Crippen LogP contribution is -1.97. The van der Waals surface area contributed by atoms with Crippen molar-refractivity contribution in [2.45, 2.75) is 17.8 Å². The number of benzene rings is 2. The van der Waals surface area contributed by atoms with Crippen LogP contribution in [-0.4, -0.2) is 29.4 Å². The molecule has 1 heterocycles. The first-order valence-electron chi connectivity index (χ1n) is 7.78. The van der Waals surface area contributed by atoms with Crippen molar-refractivity contribution >= 4 is 23.4 Å². The number of hydrogen-bond donors (Lipinski definition) is 2. The molecule has 7 heteroatoms. The van der Waals surface area contributed by atoms with Crippen molar-refractivity contribution in [3.05, 3.63) is 53.6 Å². The third-order valence-corrected chi connectivity index (χ3v) is 4.64. The lowest BCUT2D eigenvalue weighted by atomic mass is 10.1. The van der Waals surface area contributed by atoms with Crippen molar-refractivity contribution in [3.8, 4) is 11.5 Å². The molecule has 1 aromatic heterocycles. The minimum atomic E-state index is 0.566. The van der Waals surface area contributed by atoms with E-state index in [1.165, 1.54) is 11.1 Å². The van der Waals surface area contributed by atoms with Crippen molar-refractivity contribution in [3.63, 3.8) is 0 Å². The van der Waals surface area contributed by atoms with E-state index < -0.39 is 0 Å². The van der Waals surface area contributed by atoms with E-state index in [9.17, 15) is 0 Å². The molecule has 0 aliphatic carbocycles. The normalized spacial score (nSPS) is 10.5. The monoisotopic (exact) mass is 356 g/mol. The van der Waals surface area contributed by atoms with E-state index in [1.54, 1.807) is 26.0 Å². The molecular weight excluding hydrogens is 336 g/mol. The summed E-state index contributed by atoms with van der Waals surface area (Å²) in [6.07, 6.45) is 0. The molecule has 0 spiro atoms. The molecule has 2 N–H and O–H groups in total. The Morgan fingerprint density at radius 3 is 2.72 bits per heavy atom. The summed E-state index contributed by atoms with van der Waals surface area (Å²) in [5.41, 5.74) is 3.34. The summed E-state index contributed by atoms with van der Waals surface area (Å²) in [5, 5.41) is 11.0. The largest absolute Gasteiger partial charge is 0.497 e. The molecule has 0 atom stereocenters. The summed E-state index contributed by atoms with van der Waals surface area (Å²) in [7, 11) is 3.24. The first-order valence-corrected chi connectivity index (χ1v) is 8.77. The maximum absolute atomic E-state index is 5.38. The molecule has 0 bridgehead atoms. The molecule has 3 rings (SSSR count). The predicted molar refractivity (Wildman–Crippen MR) is 100.0 cm³/mol. The molecule has 0 saturated heterocycles. The van der Waals surface area contributed by atoms with E-state index in [0.29, 0.717) is 16.9 Å². The SMILES string of the molecule is COc1ccc(Nc2nc(SCc3ccccc3C)n[nH]2)c(OC)c1. The van der Waals surface area contributed by atoms with Crippen LogP contribution in [0.25, 0.3) is 0 Å². The molecule has 0 amide bonds. The summed E-state index contributed by atoms with van der Waals surface area (Å²) < 4.78 is 10.6. The van der Waals surface area contributed by atoms with Crippen molar-refractivity contribution in [1.29, 1.82) is 0 Å². The number of aryl methyl sites for hydroxylation is 1. The molecule has 25 heavy (non-hydrogen) atoms. The molecule has 0 fully saturated rings. The van der Waals surface area contributed by atoms with E-state index in [-0.39, 0.29) is 0 Å². The van der Waals surface area contributed by atoms with Crippen LogP contribution in [0, 0.1) is 6.92 Å². The van der Waals surface area contributed by atoms with Crippen molar-refractivity contribution in [2.75, 3.05) is 19.5 Å². The molecule has 0 aliphatic heterocycles. The van der Waals surface area contributed by atoms with E-state index >= 15 is 0 Å². The van der Waals surface area contributed by atoms with Gasteiger partial charge in [0.25, 0.3) is 0 Å². The van der Waals surface area contributed by atoms with Gasteiger partial charge in [-0.2, -0.15) is 4.98 Å². The predicted octanol–water partition coefficient (Wildman–Crippen LogP) is 4.17. The zero-order valence-electron chi connectivity index (χ0n) is 14.4. The summed E-state index contributed by atoms with van der Waals surface area (Å²) >= 11 is 1.59. The van der Waals surface area contributed by atoms with Gasteiger partial charge in [-0.15, -0.1) is 5.10 Å². The van der Waals surface area contributed by atoms with Gasteiger partial charge in [0.15, 0.2) is 0 Å². The molecule has 2 aromatic carbocycles. The Bertz CT molecular complexity index is 851. The van der Waals surface area contributed by atoms with Crippen LogP contribution in [0.2, 0.25) is 0 Å². The van der Waals surface area contributed by atoms with Crippen LogP contribution in [0.15, 0.2) is 47.6 Å². The molecule has 0 saturated carbocycles. The molecule has 0 unspecified atom stereocenters. The van der Waals surface area contributed by atoms with Crippen molar-refractivity contribution in [2.24, 2.45) is 0 Å². The summed E-state index contributed by atoms with van der Waals surface area (Å²) in [6, 6.07) is 13.9. The number of aromatic nitrogens is 3. The van der Waals surface area contributed by atoms with Gasteiger partial charge in [0.05, 0.1) is 19.9 Å². The maximum atomic E-state index is 5.38. The lowest BCUT2D eigenvalue weighted by molar-refractivity contribution is 0.395. The summed E-state index contributed by atoms with van der Waals surface area (Å²) in [5.74, 6) is 2.80. The number of nitrogens with zero attached hydrogens (tertiary/aromatic N) is 2. The molecule has 3 aromatic rings. The smallest absolute Gasteiger partial charge is 0.224 e. The first-order chi connectivity index (χ1) is 12.2. The number of ether oxygens (including phenoxy) is 2. The highest BCUT2D eigenvalue weighted by atomic mass is 32.2. The highest BCUT2D eigenvalue weighted by Gasteiger charge is 2.09. The number of thioether (sulfide) groups is 1. The fourth-order valence-electron chi connectivity index (χ4n) is 2.31. The van der Waals surface area contributed by atoms with Crippen LogP contribution < -0.4 is 14.8 Å². The van der Waals surface area contributed by atoms with E-state index in [1.807, 2.05) is 30.3 Å². The Morgan fingerprint density at radius 1 is 1.12 bits per heavy atom. The van der Waals surface area contributed by atoms with Gasteiger partial charge >= 0.3 is 0 Å². The van der Waals surface area contributed by atoms with Gasteiger partial charge in [-0.25, -0.2) is 5.10 Å². The zero-order chi connectivity index (χ0) is 17.6. The maximum Gasteiger partial charge on any atom is 0.224 e. The van der Waals surface area contributed by atoms with Crippen LogP contribution in [0.1, 0.15) is 11.1 Å². The van der Waals surface area contributed by atoms with Crippen LogP contribution in [0.4, 0.5) is 11.6 Å². The van der Waals surface area contributed by atoms with E-state index in [4.69, 9.17) is 9.47 Å². The van der Waals surface area contributed by atoms with Crippen LogP contribution >= 0.6 is 11.8 Å². The number of anilines is 2. The van der Waals surface area contributed by atoms with Crippen LogP contribution in [0.3, 0.4) is 0 Å². The van der Waals surface area contributed by atoms with Crippen molar-refractivity contribution < 1.29 is 9.47 Å². The second-order valence-corrected chi connectivity index (χ2v) is 6.32. The first kappa shape index (κ1) is 17.2. The average Bonchev–Trinajstić information content (AvgIpc) is 3.09. The second kappa shape index (κ2) is 7.94. The minimum Gasteiger partial charge on any atom is -0.497 e. The van der Waals surface area contributed by atoms with Gasteiger partial charge in [-0.3, -0.25) is 0 Å². The molecular formula is C18H20N4O2S. The number of hydrogen-bond acceptors (Lipinski definition) is 6. The van der Waals surface area contributed by atoms with E-state index in [0.717, 1.165) is 17.2 Å². The number of methoxy groups -OCH3 is 2. The van der Waals surface area contributed by atoms with Crippen molar-refractivity contribution in [1.82, 2.24) is 15.2 Å². The Balaban J connectivity index is 1.67. The van der Waals surface area contributed by atoms with Gasteiger partial charge in [0.1, 0.15) is 11.5 Å². The Kier molecular flexibility index (Phi) is 5.45. The number of nitrogens with one attached hydrogen (secondary N) is 2. The quantitative estimate of drug-likeness (QED) is 0.619. The number of H-pyrrole nitrogens is 1. The van der Waals surface area contributed by atoms with Crippen LogP contribution in [0.5, 0.6) is 11.5 Å². The Labute approximate surface area is 151 Å². The highest BCUT2D eigenvalue weighted by molar-refractivity contribution is 7.98. The fourth-order valence-corrected chi connectivity index (χ4v) is 3.19. The van der Waals surface area contributed by atoms with Gasteiger partial charge < -0.3 is 14.8 Å². The van der Waals surface area contributed by atoms with Crippen LogP contribution in [-0.2, 0) is 5.75 Å². The minimum absolute atomic E-state index is 0.566. The topological polar surface area (TPSA) is 72.1 Å². The molecule has 0 radical (unpaired) electrons. The summed E-state index contributed by atoms with van der Waals surface area (Å²) in [4.78, 5) is 4.47. The Morgan fingerprint density at radius 2 is 1.96 bits per heavy atom. The average molecular weight is 356 g/mol. The molecule has 130 valence electrons. The van der Waals surface area contributed by atoms with Gasteiger partial charge in [0.2, 0.25) is 11.1 Å². The third-order valence-electron chi connectivity index (χ3n) is 3.74. The highest BCUT2D eigenvalue weighted by Crippen LogP contribution is 2.31. The van der Waals surface area contributed by atoms with Gasteiger partial charge in [0, 0.05) is 11.8 Å². The zero-order valence-corrected chi connectivity index (χ0v) is 15.2. The standard InChI is InChI=1S/C18H20N4O2S/c1-12-6-4-5-7-13(12)11-25-18-20-17(21-22-18)19-15-9-8-14(23-2)10-16(15)24-3/h4-10H,11H2,1-3H3,(H2,19,20,21,22). The fraction of sp³-hybridized carbons (Fsp3) is 0.222. The molecule has 6 nitrogen and oxygen atoms in total.